The third-order valence-corrected chi connectivity index (χ3v) is 4.38. The summed E-state index contributed by atoms with van der Waals surface area (Å²) in [4.78, 5) is 12.9. The molecule has 0 unspecified atom stereocenters. The first kappa shape index (κ1) is 13.9. The lowest BCUT2D eigenvalue weighted by atomic mass is 9.93. The number of hydrogen-bond donors (Lipinski definition) is 1. The highest BCUT2D eigenvalue weighted by molar-refractivity contribution is 5.77. The molecule has 18 heavy (non-hydrogen) atoms. The van der Waals surface area contributed by atoms with Gasteiger partial charge in [0, 0.05) is 19.0 Å². The molecule has 1 saturated carbocycles. The quantitative estimate of drug-likeness (QED) is 0.778. The highest BCUT2D eigenvalue weighted by Crippen LogP contribution is 2.24. The van der Waals surface area contributed by atoms with Crippen molar-refractivity contribution in [3.05, 3.63) is 0 Å². The van der Waals surface area contributed by atoms with Crippen molar-refractivity contribution >= 4 is 5.91 Å². The smallest absolute Gasteiger partial charge is 0.220 e. The average molecular weight is 252 g/mol. The van der Waals surface area contributed by atoms with E-state index in [4.69, 9.17) is 0 Å². The molecule has 104 valence electrons. The molecule has 1 aliphatic carbocycles. The van der Waals surface area contributed by atoms with Gasteiger partial charge in [0.2, 0.25) is 5.91 Å². The van der Waals surface area contributed by atoms with E-state index in [0.717, 1.165) is 25.4 Å². The molecule has 0 aromatic carbocycles. The monoisotopic (exact) mass is 252 g/mol. The predicted molar refractivity (Wildman–Crippen MR) is 74.5 cm³/mol. The van der Waals surface area contributed by atoms with E-state index in [-0.39, 0.29) is 5.91 Å². The number of nitrogens with one attached hydrogen (secondary N) is 1. The molecule has 0 bridgehead atoms. The van der Waals surface area contributed by atoms with E-state index in [9.17, 15) is 4.79 Å². The van der Waals surface area contributed by atoms with Crippen LogP contribution < -0.4 is 5.32 Å². The van der Waals surface area contributed by atoms with Gasteiger partial charge >= 0.3 is 0 Å². The first-order valence-electron chi connectivity index (χ1n) is 7.87. The lowest BCUT2D eigenvalue weighted by Gasteiger charge is -2.36. The summed E-state index contributed by atoms with van der Waals surface area (Å²) in [5.74, 6) is 0.204. The van der Waals surface area contributed by atoms with Gasteiger partial charge in [-0.15, -0.1) is 0 Å². The summed E-state index contributed by atoms with van der Waals surface area (Å²) in [6, 6.07) is 0.971. The molecular formula is C15H28N2O. The number of carbonyl (C=O) groups excluding carboxylic acids is 1. The number of piperidine rings is 1. The van der Waals surface area contributed by atoms with E-state index >= 15 is 0 Å². The van der Waals surface area contributed by atoms with E-state index in [1.165, 1.54) is 64.5 Å². The maximum atomic E-state index is 10.1. The van der Waals surface area contributed by atoms with E-state index in [0.29, 0.717) is 0 Å². The number of nitrogens with zero attached hydrogens (tertiary/aromatic N) is 1. The molecule has 2 heterocycles. The molecule has 0 aromatic heterocycles. The van der Waals surface area contributed by atoms with E-state index < -0.39 is 0 Å². The Bertz CT molecular complexity index is 219. The zero-order chi connectivity index (χ0) is 12.6. The molecule has 2 saturated heterocycles. The Balaban J connectivity index is 0.000000169. The zero-order valence-electron chi connectivity index (χ0n) is 11.6. The summed E-state index contributed by atoms with van der Waals surface area (Å²) < 4.78 is 0. The molecule has 0 radical (unpaired) electrons. The van der Waals surface area contributed by atoms with Crippen LogP contribution in [0.25, 0.3) is 0 Å². The summed E-state index contributed by atoms with van der Waals surface area (Å²) in [6.07, 6.45) is 13.6. The van der Waals surface area contributed by atoms with Crippen LogP contribution in [0, 0.1) is 0 Å². The molecular weight excluding hydrogens is 224 g/mol. The van der Waals surface area contributed by atoms with Crippen LogP contribution in [-0.2, 0) is 4.79 Å². The van der Waals surface area contributed by atoms with Crippen LogP contribution in [0.3, 0.4) is 0 Å². The van der Waals surface area contributed by atoms with Gasteiger partial charge in [-0.3, -0.25) is 4.79 Å². The maximum Gasteiger partial charge on any atom is 0.220 e. The Hall–Kier alpha value is -0.570. The topological polar surface area (TPSA) is 32.3 Å². The number of amides is 1. The number of hydrogen-bond acceptors (Lipinski definition) is 2. The normalized spacial score (nSPS) is 26.3. The van der Waals surface area contributed by atoms with Crippen molar-refractivity contribution in [3.8, 4) is 0 Å². The summed E-state index contributed by atoms with van der Waals surface area (Å²) in [7, 11) is 0. The van der Waals surface area contributed by atoms with Crippen molar-refractivity contribution in [2.24, 2.45) is 0 Å². The molecule has 3 nitrogen and oxygen atoms in total. The highest BCUT2D eigenvalue weighted by Gasteiger charge is 2.21. The van der Waals surface area contributed by atoms with Crippen LogP contribution in [0.2, 0.25) is 0 Å². The predicted octanol–water partition coefficient (Wildman–Crippen LogP) is 2.70. The number of carbonyl (C=O) groups is 1. The fourth-order valence-electron chi connectivity index (χ4n) is 3.29. The van der Waals surface area contributed by atoms with Crippen molar-refractivity contribution in [1.29, 1.82) is 0 Å². The standard InChI is InChI=1S/C11H21N.C4H7NO/c1-3-7-11(8-4-1)12-9-5-2-6-10-12;6-4-2-1-3-5-4/h11H,1-10H2;1-3H2,(H,5,6). The Morgan fingerprint density at radius 1 is 0.889 bits per heavy atom. The van der Waals surface area contributed by atoms with Crippen LogP contribution in [-0.4, -0.2) is 36.5 Å². The Morgan fingerprint density at radius 2 is 1.56 bits per heavy atom. The third kappa shape index (κ3) is 4.60. The van der Waals surface area contributed by atoms with Gasteiger partial charge in [0.1, 0.15) is 0 Å². The van der Waals surface area contributed by atoms with Crippen LogP contribution in [0.4, 0.5) is 0 Å². The fourth-order valence-corrected chi connectivity index (χ4v) is 3.29. The van der Waals surface area contributed by atoms with Crippen LogP contribution in [0.15, 0.2) is 0 Å². The summed E-state index contributed by atoms with van der Waals surface area (Å²) in [6.45, 7) is 3.67. The lowest BCUT2D eigenvalue weighted by molar-refractivity contribution is -0.119. The minimum atomic E-state index is 0.204. The minimum Gasteiger partial charge on any atom is -0.356 e. The molecule has 3 aliphatic rings. The largest absolute Gasteiger partial charge is 0.356 e. The summed E-state index contributed by atoms with van der Waals surface area (Å²) >= 11 is 0. The molecule has 2 aliphatic heterocycles. The second kappa shape index (κ2) is 7.78. The average Bonchev–Trinajstić information content (AvgIpc) is 2.93. The molecule has 1 amide bonds. The first-order valence-corrected chi connectivity index (χ1v) is 7.87. The Labute approximate surface area is 111 Å². The Morgan fingerprint density at radius 3 is 2.06 bits per heavy atom. The van der Waals surface area contributed by atoms with E-state index in [2.05, 4.69) is 10.2 Å². The van der Waals surface area contributed by atoms with Crippen molar-refractivity contribution in [3.63, 3.8) is 0 Å². The van der Waals surface area contributed by atoms with Crippen molar-refractivity contribution in [2.75, 3.05) is 19.6 Å². The fraction of sp³-hybridized carbons (Fsp3) is 0.933. The summed E-state index contributed by atoms with van der Waals surface area (Å²) in [5.41, 5.74) is 0. The third-order valence-electron chi connectivity index (χ3n) is 4.38. The van der Waals surface area contributed by atoms with Crippen molar-refractivity contribution in [2.45, 2.75) is 70.3 Å². The Kier molecular flexibility index (Phi) is 5.98. The van der Waals surface area contributed by atoms with Crippen LogP contribution in [0.5, 0.6) is 0 Å². The van der Waals surface area contributed by atoms with E-state index in [1.54, 1.807) is 0 Å². The van der Waals surface area contributed by atoms with Gasteiger partial charge in [0.25, 0.3) is 0 Å². The maximum absolute atomic E-state index is 10.1. The van der Waals surface area contributed by atoms with E-state index in [1.807, 2.05) is 0 Å². The van der Waals surface area contributed by atoms with Crippen molar-refractivity contribution in [1.82, 2.24) is 10.2 Å². The molecule has 3 rings (SSSR count). The lowest BCUT2D eigenvalue weighted by Crippen LogP contribution is -2.40. The number of likely N-dealkylation sites (tertiary alicyclic amines) is 1. The van der Waals surface area contributed by atoms with Crippen molar-refractivity contribution < 1.29 is 4.79 Å². The molecule has 1 N–H and O–H groups in total. The molecule has 3 fully saturated rings. The second-order valence-electron chi connectivity index (χ2n) is 5.84. The van der Waals surface area contributed by atoms with Crippen LogP contribution >= 0.6 is 0 Å². The first-order chi connectivity index (χ1) is 8.86. The highest BCUT2D eigenvalue weighted by atomic mass is 16.1. The zero-order valence-corrected chi connectivity index (χ0v) is 11.6. The number of rotatable bonds is 1. The summed E-state index contributed by atoms with van der Waals surface area (Å²) in [5, 5.41) is 2.68. The van der Waals surface area contributed by atoms with Gasteiger partial charge in [-0.2, -0.15) is 0 Å². The second-order valence-corrected chi connectivity index (χ2v) is 5.84. The van der Waals surface area contributed by atoms with Gasteiger partial charge < -0.3 is 10.2 Å². The minimum absolute atomic E-state index is 0.204. The SMILES string of the molecule is C1CCC(N2CCCCC2)CC1.O=C1CCCN1. The van der Waals surface area contributed by atoms with Gasteiger partial charge in [0.15, 0.2) is 0 Å². The van der Waals surface area contributed by atoms with Gasteiger partial charge in [-0.25, -0.2) is 0 Å². The van der Waals surface area contributed by atoms with Gasteiger partial charge in [0.05, 0.1) is 0 Å². The van der Waals surface area contributed by atoms with Gasteiger partial charge in [-0.05, 0) is 45.2 Å². The molecule has 0 spiro atoms. The molecule has 3 heteroatoms. The van der Waals surface area contributed by atoms with Crippen LogP contribution in [0.1, 0.15) is 64.2 Å². The van der Waals surface area contributed by atoms with Gasteiger partial charge in [-0.1, -0.05) is 25.7 Å². The molecule has 0 aromatic rings. The molecule has 0 atom stereocenters.